The van der Waals surface area contributed by atoms with Gasteiger partial charge in [0.05, 0.1) is 5.02 Å². The summed E-state index contributed by atoms with van der Waals surface area (Å²) < 4.78 is 13.3. The second-order valence-electron chi connectivity index (χ2n) is 5.43. The van der Waals surface area contributed by atoms with E-state index >= 15 is 0 Å². The van der Waals surface area contributed by atoms with Gasteiger partial charge in [-0.15, -0.1) is 0 Å². The van der Waals surface area contributed by atoms with E-state index in [9.17, 15) is 4.39 Å². The molecule has 0 fully saturated rings. The third-order valence-corrected chi connectivity index (χ3v) is 3.01. The number of rotatable bonds is 5. The van der Waals surface area contributed by atoms with Gasteiger partial charge in [-0.05, 0) is 44.4 Å². The molecule has 0 aliphatic rings. The molecule has 96 valence electrons. The van der Waals surface area contributed by atoms with Crippen LogP contribution in [0.2, 0.25) is 5.02 Å². The Bertz CT molecular complexity index is 374. The zero-order chi connectivity index (χ0) is 13.1. The third-order valence-electron chi connectivity index (χ3n) is 2.70. The summed E-state index contributed by atoms with van der Waals surface area (Å²) in [6, 6.07) is 5.48. The van der Waals surface area contributed by atoms with Gasteiger partial charge in [0.15, 0.2) is 0 Å². The second kappa shape index (κ2) is 5.83. The highest BCUT2D eigenvalue weighted by Crippen LogP contribution is 2.19. The molecule has 0 heterocycles. The van der Waals surface area contributed by atoms with Gasteiger partial charge >= 0.3 is 0 Å². The van der Waals surface area contributed by atoms with E-state index in [1.807, 2.05) is 6.07 Å². The van der Waals surface area contributed by atoms with Gasteiger partial charge in [-0.2, -0.15) is 0 Å². The molecule has 1 rings (SSSR count). The van der Waals surface area contributed by atoms with Gasteiger partial charge in [-0.25, -0.2) is 4.39 Å². The van der Waals surface area contributed by atoms with E-state index in [0.717, 1.165) is 18.4 Å². The van der Waals surface area contributed by atoms with E-state index in [2.05, 4.69) is 33.0 Å². The zero-order valence-electron chi connectivity index (χ0n) is 11.0. The highest BCUT2D eigenvalue weighted by Gasteiger charge is 2.18. The van der Waals surface area contributed by atoms with Crippen molar-refractivity contribution in [3.05, 3.63) is 34.6 Å². The smallest absolute Gasteiger partial charge is 0.142 e. The molecule has 0 radical (unpaired) electrons. The van der Waals surface area contributed by atoms with Crippen LogP contribution in [0.15, 0.2) is 18.2 Å². The van der Waals surface area contributed by atoms with Crippen LogP contribution in [0.5, 0.6) is 0 Å². The lowest BCUT2D eigenvalue weighted by atomic mass is 9.94. The summed E-state index contributed by atoms with van der Waals surface area (Å²) in [6.45, 7) is 8.59. The van der Waals surface area contributed by atoms with Crippen LogP contribution in [-0.2, 0) is 6.42 Å². The first-order valence-corrected chi connectivity index (χ1v) is 6.39. The molecule has 0 aliphatic carbocycles. The van der Waals surface area contributed by atoms with Crippen LogP contribution < -0.4 is 5.32 Å². The van der Waals surface area contributed by atoms with Crippen molar-refractivity contribution in [3.8, 4) is 0 Å². The van der Waals surface area contributed by atoms with Gasteiger partial charge in [-0.1, -0.05) is 31.5 Å². The van der Waals surface area contributed by atoms with E-state index in [1.54, 1.807) is 6.07 Å². The SMILES string of the molecule is CC(C)NC(C)(C)CCc1ccc(Cl)c(F)c1. The Kier molecular flexibility index (Phi) is 4.96. The predicted octanol–water partition coefficient (Wildman–Crippen LogP) is 4.19. The van der Waals surface area contributed by atoms with Gasteiger partial charge in [0.2, 0.25) is 0 Å². The predicted molar refractivity (Wildman–Crippen MR) is 72.1 cm³/mol. The lowest BCUT2D eigenvalue weighted by molar-refractivity contribution is 0.333. The Morgan fingerprint density at radius 3 is 2.53 bits per heavy atom. The molecule has 1 nitrogen and oxygen atoms in total. The zero-order valence-corrected chi connectivity index (χ0v) is 11.7. The van der Waals surface area contributed by atoms with Gasteiger partial charge in [0, 0.05) is 11.6 Å². The largest absolute Gasteiger partial charge is 0.310 e. The fourth-order valence-electron chi connectivity index (χ4n) is 2.01. The summed E-state index contributed by atoms with van der Waals surface area (Å²) >= 11 is 5.65. The first kappa shape index (κ1) is 14.5. The Balaban J connectivity index is 2.58. The van der Waals surface area contributed by atoms with Gasteiger partial charge in [0.1, 0.15) is 5.82 Å². The average Bonchev–Trinajstić information content (AvgIpc) is 2.18. The number of aryl methyl sites for hydroxylation is 1. The summed E-state index contributed by atoms with van der Waals surface area (Å²) in [5.74, 6) is -0.334. The number of hydrogen-bond donors (Lipinski definition) is 1. The number of halogens is 2. The number of benzene rings is 1. The Labute approximate surface area is 108 Å². The molecule has 0 saturated carbocycles. The molecule has 0 atom stereocenters. The lowest BCUT2D eigenvalue weighted by Gasteiger charge is -2.29. The van der Waals surface area contributed by atoms with Crippen molar-refractivity contribution in [3.63, 3.8) is 0 Å². The molecular weight excluding hydrogens is 237 g/mol. The molecule has 0 saturated heterocycles. The maximum absolute atomic E-state index is 13.3. The fraction of sp³-hybridized carbons (Fsp3) is 0.571. The molecule has 0 amide bonds. The van der Waals surface area contributed by atoms with E-state index in [1.165, 1.54) is 6.07 Å². The van der Waals surface area contributed by atoms with E-state index in [0.29, 0.717) is 6.04 Å². The molecule has 0 spiro atoms. The molecular formula is C14H21ClFN. The second-order valence-corrected chi connectivity index (χ2v) is 5.84. The lowest BCUT2D eigenvalue weighted by Crippen LogP contribution is -2.43. The van der Waals surface area contributed by atoms with Crippen LogP contribution in [0.3, 0.4) is 0 Å². The highest BCUT2D eigenvalue weighted by atomic mass is 35.5. The van der Waals surface area contributed by atoms with Gasteiger partial charge in [-0.3, -0.25) is 0 Å². The minimum Gasteiger partial charge on any atom is -0.310 e. The third kappa shape index (κ3) is 5.05. The van der Waals surface area contributed by atoms with Crippen LogP contribution >= 0.6 is 11.6 Å². The normalized spacial score (nSPS) is 12.2. The molecule has 1 aromatic carbocycles. The van der Waals surface area contributed by atoms with Crippen LogP contribution in [0.4, 0.5) is 4.39 Å². The van der Waals surface area contributed by atoms with E-state index in [-0.39, 0.29) is 16.4 Å². The summed E-state index contributed by atoms with van der Waals surface area (Å²) in [5, 5.41) is 3.68. The molecule has 1 aromatic rings. The summed E-state index contributed by atoms with van der Waals surface area (Å²) in [7, 11) is 0. The number of nitrogens with one attached hydrogen (secondary N) is 1. The van der Waals surface area contributed by atoms with Crippen molar-refractivity contribution in [1.82, 2.24) is 5.32 Å². The van der Waals surface area contributed by atoms with Crippen molar-refractivity contribution in [2.75, 3.05) is 0 Å². The monoisotopic (exact) mass is 257 g/mol. The molecule has 17 heavy (non-hydrogen) atoms. The molecule has 0 unspecified atom stereocenters. The quantitative estimate of drug-likeness (QED) is 0.834. The molecule has 0 aromatic heterocycles. The van der Waals surface area contributed by atoms with Gasteiger partial charge < -0.3 is 5.32 Å². The Morgan fingerprint density at radius 2 is 2.00 bits per heavy atom. The summed E-state index contributed by atoms with van der Waals surface area (Å²) in [5.41, 5.74) is 1.05. The first-order chi connectivity index (χ1) is 7.80. The van der Waals surface area contributed by atoms with Crippen molar-refractivity contribution >= 4 is 11.6 Å². The fourth-order valence-corrected chi connectivity index (χ4v) is 2.12. The van der Waals surface area contributed by atoms with Crippen LogP contribution in [0.25, 0.3) is 0 Å². The van der Waals surface area contributed by atoms with E-state index in [4.69, 9.17) is 11.6 Å². The first-order valence-electron chi connectivity index (χ1n) is 6.02. The maximum Gasteiger partial charge on any atom is 0.142 e. The molecule has 0 aliphatic heterocycles. The summed E-state index contributed by atoms with van der Waals surface area (Å²) in [6.07, 6.45) is 1.81. The minimum atomic E-state index is -0.334. The van der Waals surface area contributed by atoms with Crippen LogP contribution in [0, 0.1) is 5.82 Å². The summed E-state index contributed by atoms with van der Waals surface area (Å²) in [4.78, 5) is 0. The molecule has 3 heteroatoms. The van der Waals surface area contributed by atoms with Crippen molar-refractivity contribution in [2.24, 2.45) is 0 Å². The topological polar surface area (TPSA) is 12.0 Å². The Morgan fingerprint density at radius 1 is 1.35 bits per heavy atom. The van der Waals surface area contributed by atoms with Crippen molar-refractivity contribution in [2.45, 2.75) is 52.1 Å². The molecule has 1 N–H and O–H groups in total. The van der Waals surface area contributed by atoms with Crippen LogP contribution in [-0.4, -0.2) is 11.6 Å². The Hall–Kier alpha value is -0.600. The van der Waals surface area contributed by atoms with Crippen LogP contribution in [0.1, 0.15) is 39.7 Å². The molecule has 0 bridgehead atoms. The van der Waals surface area contributed by atoms with Crippen molar-refractivity contribution in [1.29, 1.82) is 0 Å². The maximum atomic E-state index is 13.3. The minimum absolute atomic E-state index is 0.0598. The van der Waals surface area contributed by atoms with Gasteiger partial charge in [0.25, 0.3) is 0 Å². The van der Waals surface area contributed by atoms with Crippen molar-refractivity contribution < 1.29 is 4.39 Å². The van der Waals surface area contributed by atoms with E-state index < -0.39 is 0 Å². The highest BCUT2D eigenvalue weighted by molar-refractivity contribution is 6.30. The average molecular weight is 258 g/mol. The standard InChI is InChI=1S/C14H21ClFN/c1-10(2)17-14(3,4)8-7-11-5-6-12(15)13(16)9-11/h5-6,9-10,17H,7-8H2,1-4H3. The number of hydrogen-bond acceptors (Lipinski definition) is 1.